The Morgan fingerprint density at radius 1 is 0.714 bits per heavy atom. The molecule has 1 aliphatic rings. The number of benzene rings is 5. The quantitative estimate of drug-likeness (QED) is 0.0977. The van der Waals surface area contributed by atoms with Crippen LogP contribution in [0.15, 0.2) is 146 Å². The van der Waals surface area contributed by atoms with Gasteiger partial charge in [0.05, 0.1) is 0 Å². The van der Waals surface area contributed by atoms with Crippen LogP contribution in [0.4, 0.5) is 11.4 Å². The minimum Gasteiger partial charge on any atom is -0.479 e. The number of para-hydroxylation sites is 1. The molecule has 0 bridgehead atoms. The minimum atomic E-state index is -0.195. The van der Waals surface area contributed by atoms with Gasteiger partial charge in [-0.05, 0) is 67.1 Å². The Balaban J connectivity index is 1.46. The lowest BCUT2D eigenvalue weighted by Gasteiger charge is -2.48. The molecule has 0 saturated heterocycles. The molecule has 0 fully saturated rings. The van der Waals surface area contributed by atoms with Gasteiger partial charge in [-0.25, -0.2) is 0 Å². The highest BCUT2D eigenvalue weighted by Crippen LogP contribution is 2.53. The summed E-state index contributed by atoms with van der Waals surface area (Å²) in [5, 5.41) is 0. The Hall–Kier alpha value is -5.35. The molecule has 288 valence electrons. The molecule has 0 aliphatic carbocycles. The van der Waals surface area contributed by atoms with Gasteiger partial charge in [-0.1, -0.05) is 150 Å². The maximum Gasteiger partial charge on any atom is 0.247 e. The Morgan fingerprint density at radius 3 is 1.79 bits per heavy atom. The third kappa shape index (κ3) is 7.00. The predicted octanol–water partition coefficient (Wildman–Crippen LogP) is 13.0. The van der Waals surface area contributed by atoms with Gasteiger partial charge in [0.15, 0.2) is 6.10 Å². The zero-order valence-electron chi connectivity index (χ0n) is 34.8. The molecule has 2 heterocycles. The average molecular weight is 743 g/mol. The molecule has 0 radical (unpaired) electrons. The molecule has 1 aliphatic heterocycles. The Kier molecular flexibility index (Phi) is 11.4. The van der Waals surface area contributed by atoms with Gasteiger partial charge >= 0.3 is 0 Å². The fraction of sp³-hybridized carbons (Fsp3) is 0.327. The second-order valence-electron chi connectivity index (χ2n) is 16.2. The van der Waals surface area contributed by atoms with E-state index in [-0.39, 0.29) is 23.1 Å². The maximum absolute atomic E-state index is 7.44. The Bertz CT molecular complexity index is 2200. The topological polar surface area (TPSA) is 20.4 Å². The van der Waals surface area contributed by atoms with Crippen molar-refractivity contribution in [1.82, 2.24) is 4.57 Å². The van der Waals surface area contributed by atoms with Gasteiger partial charge in [0, 0.05) is 65.3 Å². The molecule has 7 rings (SSSR count). The summed E-state index contributed by atoms with van der Waals surface area (Å²) in [6.07, 6.45) is 9.43. The lowest BCUT2D eigenvalue weighted by atomic mass is 9.56. The maximum atomic E-state index is 7.44. The molecular formula is C52H60N3O+. The summed E-state index contributed by atoms with van der Waals surface area (Å²) in [4.78, 5) is 2.19. The second-order valence-corrected chi connectivity index (χ2v) is 16.2. The van der Waals surface area contributed by atoms with E-state index in [2.05, 4.69) is 216 Å². The number of hydrogen-bond donors (Lipinski definition) is 0. The minimum absolute atomic E-state index is 0.0952. The van der Waals surface area contributed by atoms with E-state index < -0.39 is 0 Å². The summed E-state index contributed by atoms with van der Waals surface area (Å²) in [6, 6.07) is 48.6. The van der Waals surface area contributed by atoms with E-state index in [0.717, 1.165) is 65.8 Å². The van der Waals surface area contributed by atoms with Crippen molar-refractivity contribution < 1.29 is 9.31 Å². The van der Waals surface area contributed by atoms with Crippen molar-refractivity contribution in [2.24, 2.45) is 0 Å². The van der Waals surface area contributed by atoms with Crippen LogP contribution in [-0.2, 0) is 17.3 Å². The first-order valence-corrected chi connectivity index (χ1v) is 20.7. The van der Waals surface area contributed by atoms with Crippen LogP contribution in [0.1, 0.15) is 90.1 Å². The SMILES string of the molecule is CCCc1cccc(C(C)(CC)C(C)(CC)c2ccccc2)c1[N+]1=C(C(C)Oc2c(-c3ccccc3)cc(N(C)C)cc2-c2ccccc2)CC1n1cccc1. The third-order valence-electron chi connectivity index (χ3n) is 13.0. The van der Waals surface area contributed by atoms with Crippen molar-refractivity contribution in [1.29, 1.82) is 0 Å². The van der Waals surface area contributed by atoms with Crippen LogP contribution in [0.5, 0.6) is 5.75 Å². The molecule has 4 heteroatoms. The van der Waals surface area contributed by atoms with Gasteiger partial charge in [0.25, 0.3) is 0 Å². The van der Waals surface area contributed by atoms with Crippen molar-refractivity contribution in [3.8, 4) is 28.0 Å². The monoisotopic (exact) mass is 742 g/mol. The molecule has 0 spiro atoms. The molecule has 56 heavy (non-hydrogen) atoms. The summed E-state index contributed by atoms with van der Waals surface area (Å²) >= 11 is 0. The first kappa shape index (κ1) is 38.9. The fourth-order valence-electron chi connectivity index (χ4n) is 9.19. The summed E-state index contributed by atoms with van der Waals surface area (Å²) < 4.78 is 12.5. The largest absolute Gasteiger partial charge is 0.479 e. The number of hydrogen-bond acceptors (Lipinski definition) is 2. The summed E-state index contributed by atoms with van der Waals surface area (Å²) in [6.45, 7) is 14.3. The van der Waals surface area contributed by atoms with Crippen LogP contribution in [0, 0.1) is 0 Å². The normalized spacial score (nSPS) is 16.8. The highest BCUT2D eigenvalue weighted by atomic mass is 16.5. The van der Waals surface area contributed by atoms with Crippen LogP contribution >= 0.6 is 0 Å². The standard InChI is InChI=1S/C52H60N3O/c1-9-24-41-29-23-32-46(52(6,11-3)51(5,10-2)42-30-19-14-20-31-42)49(41)55-47(37-48(55)54-33-21-22-34-54)38(4)56-50-44(39-25-15-12-16-26-39)35-43(53(7)8)36-45(50)40-27-17-13-18-28-40/h12-23,25-36,38,48H,9-11,24,37H2,1-8H3/q+1. The van der Waals surface area contributed by atoms with Gasteiger partial charge in [0.2, 0.25) is 17.6 Å². The number of rotatable bonds is 15. The van der Waals surface area contributed by atoms with Crippen LogP contribution < -0.4 is 9.64 Å². The van der Waals surface area contributed by atoms with Crippen molar-refractivity contribution in [3.63, 3.8) is 0 Å². The molecule has 0 saturated carbocycles. The average Bonchev–Trinajstić information content (AvgIpc) is 3.75. The molecular weight excluding hydrogens is 683 g/mol. The van der Waals surface area contributed by atoms with E-state index in [9.17, 15) is 0 Å². The highest BCUT2D eigenvalue weighted by Gasteiger charge is 2.52. The van der Waals surface area contributed by atoms with Gasteiger partial charge in [-0.3, -0.25) is 4.57 Å². The van der Waals surface area contributed by atoms with E-state index in [0.29, 0.717) is 0 Å². The van der Waals surface area contributed by atoms with Crippen LogP contribution in [0.2, 0.25) is 0 Å². The predicted molar refractivity (Wildman–Crippen MR) is 237 cm³/mol. The fourth-order valence-corrected chi connectivity index (χ4v) is 9.19. The molecule has 1 aromatic heterocycles. The number of anilines is 1. The number of nitrogens with zero attached hydrogens (tertiary/aromatic N) is 3. The Morgan fingerprint density at radius 2 is 1.27 bits per heavy atom. The van der Waals surface area contributed by atoms with Crippen molar-refractivity contribution >= 4 is 17.1 Å². The number of aryl methyl sites for hydroxylation is 1. The van der Waals surface area contributed by atoms with Gasteiger partial charge < -0.3 is 9.64 Å². The van der Waals surface area contributed by atoms with Crippen molar-refractivity contribution in [3.05, 3.63) is 163 Å². The zero-order chi connectivity index (χ0) is 39.5. The highest BCUT2D eigenvalue weighted by molar-refractivity contribution is 5.91. The van der Waals surface area contributed by atoms with E-state index in [1.54, 1.807) is 0 Å². The third-order valence-corrected chi connectivity index (χ3v) is 13.0. The van der Waals surface area contributed by atoms with E-state index in [1.807, 2.05) is 0 Å². The van der Waals surface area contributed by atoms with Crippen molar-refractivity contribution in [2.75, 3.05) is 19.0 Å². The lowest BCUT2D eigenvalue weighted by molar-refractivity contribution is -0.546. The molecule has 4 unspecified atom stereocenters. The summed E-state index contributed by atoms with van der Waals surface area (Å²) in [5.41, 5.74) is 12.3. The van der Waals surface area contributed by atoms with E-state index in [1.165, 1.54) is 28.1 Å². The van der Waals surface area contributed by atoms with Crippen LogP contribution in [-0.4, -0.2) is 35.1 Å². The van der Waals surface area contributed by atoms with E-state index in [4.69, 9.17) is 4.74 Å². The molecule has 5 aromatic carbocycles. The summed E-state index contributed by atoms with van der Waals surface area (Å²) in [7, 11) is 4.23. The zero-order valence-corrected chi connectivity index (χ0v) is 34.8. The number of aromatic nitrogens is 1. The molecule has 4 nitrogen and oxygen atoms in total. The number of ether oxygens (including phenoxy) is 1. The van der Waals surface area contributed by atoms with Crippen LogP contribution in [0.25, 0.3) is 22.3 Å². The summed E-state index contributed by atoms with van der Waals surface area (Å²) in [5.74, 6) is 0.917. The lowest BCUT2D eigenvalue weighted by Crippen LogP contribution is -2.48. The molecule has 6 aromatic rings. The van der Waals surface area contributed by atoms with Crippen LogP contribution in [0.3, 0.4) is 0 Å². The first-order valence-electron chi connectivity index (χ1n) is 20.7. The smallest absolute Gasteiger partial charge is 0.247 e. The first-order chi connectivity index (χ1) is 27.1. The molecule has 0 amide bonds. The van der Waals surface area contributed by atoms with Gasteiger partial charge in [-0.2, -0.15) is 4.58 Å². The van der Waals surface area contributed by atoms with Gasteiger partial charge in [-0.15, -0.1) is 0 Å². The Labute approximate surface area is 336 Å². The molecule has 0 N–H and O–H groups in total. The second kappa shape index (κ2) is 16.4. The van der Waals surface area contributed by atoms with Crippen molar-refractivity contribution in [2.45, 2.75) is 96.7 Å². The van der Waals surface area contributed by atoms with E-state index >= 15 is 0 Å². The van der Waals surface area contributed by atoms with Gasteiger partial charge in [0.1, 0.15) is 12.2 Å². The molecule has 4 atom stereocenters.